The van der Waals surface area contributed by atoms with E-state index in [0.717, 1.165) is 24.4 Å². The van der Waals surface area contributed by atoms with Gasteiger partial charge in [-0.2, -0.15) is 10.2 Å². The van der Waals surface area contributed by atoms with Crippen molar-refractivity contribution in [2.45, 2.75) is 58.3 Å². The first kappa shape index (κ1) is 17.9. The fraction of sp³-hybridized carbons (Fsp3) is 0.429. The van der Waals surface area contributed by atoms with Gasteiger partial charge in [-0.1, -0.05) is 27.7 Å². The van der Waals surface area contributed by atoms with Gasteiger partial charge in [0.1, 0.15) is 11.5 Å². The average Bonchev–Trinajstić information content (AvgIpc) is 3.25. The molecule has 25 heavy (non-hydrogen) atoms. The van der Waals surface area contributed by atoms with Crippen molar-refractivity contribution >= 4 is 11.3 Å². The minimum Gasteiger partial charge on any atom is -0.466 e. The SMILES string of the molecule is CC(C)c1ccc(CC(C)c2ccc(CC(C)c3ccnnc3)o2)s1. The van der Waals surface area contributed by atoms with E-state index < -0.39 is 0 Å². The van der Waals surface area contributed by atoms with Crippen LogP contribution in [-0.4, -0.2) is 10.2 Å². The van der Waals surface area contributed by atoms with Crippen LogP contribution in [0.2, 0.25) is 0 Å². The second kappa shape index (κ2) is 7.96. The molecule has 3 aromatic heterocycles. The molecule has 0 aliphatic carbocycles. The first-order valence-electron chi connectivity index (χ1n) is 8.96. The molecule has 0 spiro atoms. The van der Waals surface area contributed by atoms with Gasteiger partial charge >= 0.3 is 0 Å². The molecule has 132 valence electrons. The summed E-state index contributed by atoms with van der Waals surface area (Å²) >= 11 is 1.92. The monoisotopic (exact) mass is 354 g/mol. The number of hydrogen-bond acceptors (Lipinski definition) is 4. The maximum atomic E-state index is 6.13. The Labute approximate surface area is 154 Å². The van der Waals surface area contributed by atoms with E-state index in [-0.39, 0.29) is 0 Å². The molecule has 0 amide bonds. The van der Waals surface area contributed by atoms with Gasteiger partial charge in [0.2, 0.25) is 0 Å². The van der Waals surface area contributed by atoms with Crippen molar-refractivity contribution < 1.29 is 4.42 Å². The molecule has 0 fully saturated rings. The van der Waals surface area contributed by atoms with Crippen LogP contribution in [0.4, 0.5) is 0 Å². The van der Waals surface area contributed by atoms with Crippen LogP contribution >= 0.6 is 11.3 Å². The lowest BCUT2D eigenvalue weighted by atomic mass is 9.99. The predicted molar refractivity (Wildman–Crippen MR) is 103 cm³/mol. The van der Waals surface area contributed by atoms with Crippen molar-refractivity contribution in [2.24, 2.45) is 0 Å². The van der Waals surface area contributed by atoms with E-state index in [9.17, 15) is 0 Å². The van der Waals surface area contributed by atoms with Crippen molar-refractivity contribution in [3.8, 4) is 0 Å². The molecule has 3 nitrogen and oxygen atoms in total. The fourth-order valence-electron chi connectivity index (χ4n) is 3.00. The molecule has 0 aliphatic heterocycles. The molecular weight excluding hydrogens is 328 g/mol. The Morgan fingerprint density at radius 3 is 2.44 bits per heavy atom. The summed E-state index contributed by atoms with van der Waals surface area (Å²) in [5.74, 6) is 3.49. The maximum absolute atomic E-state index is 6.13. The third-order valence-corrected chi connectivity index (χ3v) is 6.02. The molecule has 0 aliphatic rings. The molecule has 0 saturated carbocycles. The van der Waals surface area contributed by atoms with Gasteiger partial charge in [-0.3, -0.25) is 0 Å². The Morgan fingerprint density at radius 1 is 0.920 bits per heavy atom. The number of thiophene rings is 1. The summed E-state index contributed by atoms with van der Waals surface area (Å²) in [4.78, 5) is 2.90. The molecule has 0 bridgehead atoms. The molecule has 0 radical (unpaired) electrons. The normalized spacial score (nSPS) is 14.0. The van der Waals surface area contributed by atoms with E-state index in [2.05, 4.69) is 62.2 Å². The van der Waals surface area contributed by atoms with Gasteiger partial charge in [-0.05, 0) is 54.2 Å². The van der Waals surface area contributed by atoms with E-state index in [1.54, 1.807) is 6.20 Å². The summed E-state index contributed by atoms with van der Waals surface area (Å²) in [6.07, 6.45) is 5.50. The highest BCUT2D eigenvalue weighted by molar-refractivity contribution is 7.12. The van der Waals surface area contributed by atoms with Crippen LogP contribution in [0.1, 0.15) is 72.3 Å². The van der Waals surface area contributed by atoms with Crippen molar-refractivity contribution in [2.75, 3.05) is 0 Å². The van der Waals surface area contributed by atoms with E-state index >= 15 is 0 Å². The standard InChI is InChI=1S/C21H26N2OS/c1-14(2)21-8-6-19(25-21)12-16(4)20-7-5-18(24-20)11-15(3)17-9-10-22-23-13-17/h5-10,13-16H,11-12H2,1-4H3. The largest absolute Gasteiger partial charge is 0.466 e. The molecule has 3 rings (SSSR count). The Bertz CT molecular complexity index is 791. The second-order valence-electron chi connectivity index (χ2n) is 7.15. The molecular formula is C21H26N2OS. The van der Waals surface area contributed by atoms with Gasteiger partial charge in [0.05, 0.1) is 6.20 Å². The summed E-state index contributed by atoms with van der Waals surface area (Å²) < 4.78 is 6.13. The van der Waals surface area contributed by atoms with Gasteiger partial charge in [0.25, 0.3) is 0 Å². The lowest BCUT2D eigenvalue weighted by molar-refractivity contribution is 0.429. The molecule has 2 atom stereocenters. The molecule has 2 unspecified atom stereocenters. The zero-order chi connectivity index (χ0) is 17.8. The second-order valence-corrected chi connectivity index (χ2v) is 8.35. The van der Waals surface area contributed by atoms with Gasteiger partial charge in [0, 0.05) is 28.3 Å². The highest BCUT2D eigenvalue weighted by Gasteiger charge is 2.15. The van der Waals surface area contributed by atoms with Crippen molar-refractivity contribution in [1.82, 2.24) is 10.2 Å². The van der Waals surface area contributed by atoms with Crippen LogP contribution in [0.15, 0.2) is 47.1 Å². The maximum Gasteiger partial charge on any atom is 0.107 e. The van der Waals surface area contributed by atoms with E-state index in [0.29, 0.717) is 17.8 Å². The third-order valence-electron chi connectivity index (χ3n) is 4.61. The number of nitrogens with zero attached hydrogens (tertiary/aromatic N) is 2. The van der Waals surface area contributed by atoms with E-state index in [4.69, 9.17) is 4.42 Å². The predicted octanol–water partition coefficient (Wildman–Crippen LogP) is 5.95. The average molecular weight is 355 g/mol. The van der Waals surface area contributed by atoms with Gasteiger partial charge in [-0.25, -0.2) is 0 Å². The van der Waals surface area contributed by atoms with E-state index in [1.165, 1.54) is 15.3 Å². The van der Waals surface area contributed by atoms with Crippen LogP contribution in [0, 0.1) is 0 Å². The number of hydrogen-bond donors (Lipinski definition) is 0. The minimum absolute atomic E-state index is 0.371. The minimum atomic E-state index is 0.371. The smallest absolute Gasteiger partial charge is 0.107 e. The van der Waals surface area contributed by atoms with Gasteiger partial charge in [-0.15, -0.1) is 11.3 Å². The lowest BCUT2D eigenvalue weighted by Crippen LogP contribution is -1.99. The first-order valence-corrected chi connectivity index (χ1v) is 9.78. The summed E-state index contributed by atoms with van der Waals surface area (Å²) in [6, 6.07) is 10.8. The molecule has 3 heterocycles. The summed E-state index contributed by atoms with van der Waals surface area (Å²) in [5.41, 5.74) is 1.20. The van der Waals surface area contributed by atoms with E-state index in [1.807, 2.05) is 23.6 Å². The van der Waals surface area contributed by atoms with Gasteiger partial charge < -0.3 is 4.42 Å². The Hall–Kier alpha value is -1.94. The highest BCUT2D eigenvalue weighted by atomic mass is 32.1. The van der Waals surface area contributed by atoms with Crippen molar-refractivity contribution in [3.05, 3.63) is 69.6 Å². The van der Waals surface area contributed by atoms with Crippen LogP contribution in [0.3, 0.4) is 0 Å². The van der Waals surface area contributed by atoms with Crippen molar-refractivity contribution in [3.63, 3.8) is 0 Å². The first-order chi connectivity index (χ1) is 12.0. The topological polar surface area (TPSA) is 38.9 Å². The summed E-state index contributed by atoms with van der Waals surface area (Å²) in [5, 5.41) is 7.80. The number of rotatable bonds is 7. The Balaban J connectivity index is 1.62. The third kappa shape index (κ3) is 4.57. The number of aromatic nitrogens is 2. The van der Waals surface area contributed by atoms with Crippen LogP contribution in [-0.2, 0) is 12.8 Å². The molecule has 3 aromatic rings. The molecule has 0 aromatic carbocycles. The van der Waals surface area contributed by atoms with Crippen LogP contribution in [0.5, 0.6) is 0 Å². The fourth-order valence-corrected chi connectivity index (χ4v) is 4.14. The molecule has 4 heteroatoms. The number of furan rings is 1. The zero-order valence-electron chi connectivity index (χ0n) is 15.4. The quantitative estimate of drug-likeness (QED) is 0.526. The zero-order valence-corrected chi connectivity index (χ0v) is 16.2. The van der Waals surface area contributed by atoms with Crippen LogP contribution < -0.4 is 0 Å². The highest BCUT2D eigenvalue weighted by Crippen LogP contribution is 2.30. The lowest BCUT2D eigenvalue weighted by Gasteiger charge is -2.10. The summed E-state index contributed by atoms with van der Waals surface area (Å²) in [6.45, 7) is 8.93. The Kier molecular flexibility index (Phi) is 5.69. The van der Waals surface area contributed by atoms with Crippen molar-refractivity contribution in [1.29, 1.82) is 0 Å². The van der Waals surface area contributed by atoms with Gasteiger partial charge in [0.15, 0.2) is 0 Å². The molecule has 0 N–H and O–H groups in total. The van der Waals surface area contributed by atoms with Crippen LogP contribution in [0.25, 0.3) is 0 Å². The molecule has 0 saturated heterocycles. The Morgan fingerprint density at radius 2 is 1.76 bits per heavy atom. The summed E-state index contributed by atoms with van der Waals surface area (Å²) in [7, 11) is 0.